The zero-order valence-electron chi connectivity index (χ0n) is 23.0. The molecule has 1 aliphatic heterocycles. The fourth-order valence-corrected chi connectivity index (χ4v) is 5.03. The van der Waals surface area contributed by atoms with E-state index in [0.29, 0.717) is 0 Å². The summed E-state index contributed by atoms with van der Waals surface area (Å²) in [5, 5.41) is 0. The number of ether oxygens (including phenoxy) is 7. The van der Waals surface area contributed by atoms with Gasteiger partial charge in [0.25, 0.3) is 0 Å². The van der Waals surface area contributed by atoms with Crippen LogP contribution >= 0.6 is 0 Å². The van der Waals surface area contributed by atoms with Crippen LogP contribution in [0, 0.1) is 0 Å². The van der Waals surface area contributed by atoms with Crippen LogP contribution in [-0.2, 0) is 47.5 Å². The number of hydrogen-bond acceptors (Lipinski definition) is 11. The number of benzene rings is 2. The van der Waals surface area contributed by atoms with E-state index in [9.17, 15) is 19.2 Å². The molecular formula is C30H32O11. The summed E-state index contributed by atoms with van der Waals surface area (Å²) in [5.74, 6) is -2.31. The standard InChI is InChI=1S/C30H32O11/c1-5-14-35-29-28(27(39-19(4)33)26(38-18(3)32)25(40-29)16-36-17(2)31)41-30(34)37-15-24-22-12-8-6-10-20(22)21-11-7-9-13-23(21)24/h5-13,24-29H,1,14-16H2,2-4H3/t25-,26-,27+,28-,29?/m1/s1. The highest BCUT2D eigenvalue weighted by Crippen LogP contribution is 2.44. The maximum absolute atomic E-state index is 13.1. The lowest BCUT2D eigenvalue weighted by Gasteiger charge is -2.43. The summed E-state index contributed by atoms with van der Waals surface area (Å²) in [6.45, 7) is 6.69. The van der Waals surface area contributed by atoms with E-state index in [1.807, 2.05) is 48.5 Å². The minimum absolute atomic E-state index is 0.0273. The van der Waals surface area contributed by atoms with Crippen molar-refractivity contribution in [2.24, 2.45) is 0 Å². The van der Waals surface area contributed by atoms with Crippen molar-refractivity contribution in [1.29, 1.82) is 0 Å². The highest BCUT2D eigenvalue weighted by molar-refractivity contribution is 5.79. The summed E-state index contributed by atoms with van der Waals surface area (Å²) in [5.41, 5.74) is 4.13. The fraction of sp³-hybridized carbons (Fsp3) is 0.400. The predicted octanol–water partition coefficient (Wildman–Crippen LogP) is 3.67. The first-order valence-corrected chi connectivity index (χ1v) is 13.1. The molecule has 4 rings (SSSR count). The molecule has 2 aromatic carbocycles. The Morgan fingerprint density at radius 1 is 0.756 bits per heavy atom. The molecular weight excluding hydrogens is 536 g/mol. The molecule has 11 heteroatoms. The second kappa shape index (κ2) is 13.4. The summed E-state index contributed by atoms with van der Waals surface area (Å²) >= 11 is 0. The van der Waals surface area contributed by atoms with Gasteiger partial charge in [0.1, 0.15) is 19.3 Å². The third kappa shape index (κ3) is 7.11. The lowest BCUT2D eigenvalue weighted by molar-refractivity contribution is -0.304. The van der Waals surface area contributed by atoms with Crippen LogP contribution in [0.5, 0.6) is 0 Å². The molecule has 1 aliphatic carbocycles. The smallest absolute Gasteiger partial charge is 0.463 e. The number of hydrogen-bond donors (Lipinski definition) is 0. The molecule has 1 saturated heterocycles. The van der Waals surface area contributed by atoms with E-state index in [2.05, 4.69) is 6.58 Å². The van der Waals surface area contributed by atoms with Crippen molar-refractivity contribution in [2.75, 3.05) is 19.8 Å². The fourth-order valence-electron chi connectivity index (χ4n) is 5.03. The Morgan fingerprint density at radius 2 is 1.34 bits per heavy atom. The predicted molar refractivity (Wildman–Crippen MR) is 142 cm³/mol. The van der Waals surface area contributed by atoms with Gasteiger partial charge in [-0.05, 0) is 22.3 Å². The molecule has 0 saturated carbocycles. The maximum atomic E-state index is 13.1. The first-order valence-electron chi connectivity index (χ1n) is 13.1. The lowest BCUT2D eigenvalue weighted by Crippen LogP contribution is -2.63. The molecule has 5 atom stereocenters. The van der Waals surface area contributed by atoms with Crippen LogP contribution in [0.4, 0.5) is 4.79 Å². The minimum atomic E-state index is -1.41. The summed E-state index contributed by atoms with van der Waals surface area (Å²) in [6.07, 6.45) is -6.15. The van der Waals surface area contributed by atoms with Gasteiger partial charge in [-0.15, -0.1) is 6.58 Å². The van der Waals surface area contributed by atoms with Gasteiger partial charge in [-0.2, -0.15) is 0 Å². The third-order valence-electron chi connectivity index (χ3n) is 6.59. The van der Waals surface area contributed by atoms with Crippen molar-refractivity contribution in [3.8, 4) is 11.1 Å². The molecule has 11 nitrogen and oxygen atoms in total. The number of esters is 3. The van der Waals surface area contributed by atoms with E-state index in [4.69, 9.17) is 33.2 Å². The molecule has 0 radical (unpaired) electrons. The number of carbonyl (C=O) groups excluding carboxylic acids is 4. The van der Waals surface area contributed by atoms with Crippen LogP contribution in [0.15, 0.2) is 61.2 Å². The van der Waals surface area contributed by atoms with E-state index < -0.39 is 54.8 Å². The first kappa shape index (κ1) is 29.8. The topological polar surface area (TPSA) is 133 Å². The monoisotopic (exact) mass is 568 g/mol. The Balaban J connectivity index is 1.56. The second-order valence-electron chi connectivity index (χ2n) is 9.49. The minimum Gasteiger partial charge on any atom is -0.463 e. The van der Waals surface area contributed by atoms with E-state index in [0.717, 1.165) is 36.1 Å². The van der Waals surface area contributed by atoms with Crippen molar-refractivity contribution in [2.45, 2.75) is 57.4 Å². The molecule has 0 spiro atoms. The van der Waals surface area contributed by atoms with Gasteiger partial charge in [-0.1, -0.05) is 54.6 Å². The van der Waals surface area contributed by atoms with Gasteiger partial charge in [-0.25, -0.2) is 4.79 Å². The van der Waals surface area contributed by atoms with Gasteiger partial charge >= 0.3 is 24.1 Å². The van der Waals surface area contributed by atoms with Crippen LogP contribution in [0.25, 0.3) is 11.1 Å². The molecule has 0 aromatic heterocycles. The molecule has 0 bridgehead atoms. The Bertz CT molecular complexity index is 1240. The summed E-state index contributed by atoms with van der Waals surface area (Å²) in [7, 11) is 0. The molecule has 1 unspecified atom stereocenters. The zero-order valence-corrected chi connectivity index (χ0v) is 23.0. The SMILES string of the molecule is C=CCOC1O[C@H](COC(C)=O)[C@@H](OC(C)=O)[C@H](OC(C)=O)[C@H]1OC(=O)OCC1c2ccccc2-c2ccccc21. The average molecular weight is 569 g/mol. The molecule has 1 fully saturated rings. The molecule has 41 heavy (non-hydrogen) atoms. The van der Waals surface area contributed by atoms with Crippen molar-refractivity contribution in [3.63, 3.8) is 0 Å². The first-order chi connectivity index (χ1) is 19.7. The van der Waals surface area contributed by atoms with Crippen molar-refractivity contribution < 1.29 is 52.3 Å². The Kier molecular flexibility index (Phi) is 9.74. The summed E-state index contributed by atoms with van der Waals surface area (Å²) in [4.78, 5) is 48.6. The number of carbonyl (C=O) groups is 4. The lowest BCUT2D eigenvalue weighted by atomic mass is 9.98. The van der Waals surface area contributed by atoms with E-state index in [1.54, 1.807) is 0 Å². The van der Waals surface area contributed by atoms with Crippen LogP contribution in [0.1, 0.15) is 37.8 Å². The van der Waals surface area contributed by atoms with Gasteiger partial charge < -0.3 is 33.2 Å². The maximum Gasteiger partial charge on any atom is 0.508 e. The van der Waals surface area contributed by atoms with Crippen molar-refractivity contribution >= 4 is 24.1 Å². The number of fused-ring (bicyclic) bond motifs is 3. The van der Waals surface area contributed by atoms with E-state index in [1.165, 1.54) is 13.0 Å². The average Bonchev–Trinajstić information content (AvgIpc) is 3.25. The van der Waals surface area contributed by atoms with Crippen molar-refractivity contribution in [1.82, 2.24) is 0 Å². The Morgan fingerprint density at radius 3 is 1.90 bits per heavy atom. The third-order valence-corrected chi connectivity index (χ3v) is 6.59. The van der Waals surface area contributed by atoms with Crippen LogP contribution < -0.4 is 0 Å². The molecule has 0 N–H and O–H groups in total. The number of rotatable bonds is 10. The van der Waals surface area contributed by atoms with Gasteiger partial charge in [0, 0.05) is 26.7 Å². The van der Waals surface area contributed by atoms with Crippen LogP contribution in [0.3, 0.4) is 0 Å². The molecule has 0 amide bonds. The van der Waals surface area contributed by atoms with Gasteiger partial charge in [0.05, 0.1) is 6.61 Å². The summed E-state index contributed by atoms with van der Waals surface area (Å²) < 4.78 is 38.7. The molecule has 1 heterocycles. The van der Waals surface area contributed by atoms with E-state index >= 15 is 0 Å². The quantitative estimate of drug-likeness (QED) is 0.236. The normalized spacial score (nSPS) is 23.0. The van der Waals surface area contributed by atoms with Gasteiger partial charge in [-0.3, -0.25) is 14.4 Å². The van der Waals surface area contributed by atoms with Crippen LogP contribution in [-0.4, -0.2) is 74.6 Å². The van der Waals surface area contributed by atoms with Gasteiger partial charge in [0.2, 0.25) is 0 Å². The summed E-state index contributed by atoms with van der Waals surface area (Å²) in [6, 6.07) is 15.7. The second-order valence-corrected chi connectivity index (χ2v) is 9.49. The zero-order chi connectivity index (χ0) is 29.5. The molecule has 2 aliphatic rings. The molecule has 2 aromatic rings. The largest absolute Gasteiger partial charge is 0.508 e. The highest BCUT2D eigenvalue weighted by atomic mass is 16.8. The van der Waals surface area contributed by atoms with Crippen molar-refractivity contribution in [3.05, 3.63) is 72.3 Å². The van der Waals surface area contributed by atoms with Gasteiger partial charge in [0.15, 0.2) is 24.6 Å². The highest BCUT2D eigenvalue weighted by Gasteiger charge is 2.53. The van der Waals surface area contributed by atoms with Crippen LogP contribution in [0.2, 0.25) is 0 Å². The van der Waals surface area contributed by atoms with E-state index in [-0.39, 0.29) is 25.7 Å². The molecule has 218 valence electrons. The Labute approximate surface area is 237 Å². The Hall–Kier alpha value is -4.22.